The number of hydrogen-bond donors (Lipinski definition) is 2. The highest BCUT2D eigenvalue weighted by molar-refractivity contribution is 5.42. The first-order valence-electron chi connectivity index (χ1n) is 4.89. The van der Waals surface area contributed by atoms with Gasteiger partial charge in [0.1, 0.15) is 11.5 Å². The van der Waals surface area contributed by atoms with Gasteiger partial charge in [-0.15, -0.1) is 0 Å². The molecule has 0 aliphatic carbocycles. The number of nitrogens with one attached hydrogen (secondary N) is 1. The van der Waals surface area contributed by atoms with Crippen molar-refractivity contribution in [3.05, 3.63) is 23.8 Å². The first kappa shape index (κ1) is 9.34. The maximum absolute atomic E-state index is 9.71. The van der Waals surface area contributed by atoms with Crippen LogP contribution in [-0.4, -0.2) is 25.3 Å². The zero-order chi connectivity index (χ0) is 9.97. The molecule has 1 aliphatic rings. The van der Waals surface area contributed by atoms with E-state index >= 15 is 0 Å². The summed E-state index contributed by atoms with van der Waals surface area (Å²) in [7, 11) is 1.64. The summed E-state index contributed by atoms with van der Waals surface area (Å²) in [5.74, 6) is 1.61. The van der Waals surface area contributed by atoms with E-state index in [1.54, 1.807) is 19.2 Å². The standard InChI is InChI=1S/C11H15NO2/c1-14-9-2-3-11(13)10(6-9)8-4-5-12-7-8/h2-3,6,8,12-13H,4-5,7H2,1H3. The number of methoxy groups -OCH3 is 1. The third kappa shape index (κ3) is 1.68. The van der Waals surface area contributed by atoms with Gasteiger partial charge in [-0.3, -0.25) is 0 Å². The molecule has 1 atom stereocenters. The highest BCUT2D eigenvalue weighted by Crippen LogP contribution is 2.32. The van der Waals surface area contributed by atoms with Gasteiger partial charge < -0.3 is 15.2 Å². The lowest BCUT2D eigenvalue weighted by Crippen LogP contribution is -2.08. The second-order valence-corrected chi connectivity index (χ2v) is 3.61. The molecule has 1 heterocycles. The van der Waals surface area contributed by atoms with Gasteiger partial charge in [0.25, 0.3) is 0 Å². The summed E-state index contributed by atoms with van der Waals surface area (Å²) in [6.45, 7) is 1.97. The third-order valence-corrected chi connectivity index (χ3v) is 2.73. The van der Waals surface area contributed by atoms with Crippen molar-refractivity contribution < 1.29 is 9.84 Å². The zero-order valence-electron chi connectivity index (χ0n) is 8.29. The Labute approximate surface area is 83.7 Å². The lowest BCUT2D eigenvalue weighted by molar-refractivity contribution is 0.409. The SMILES string of the molecule is COc1ccc(O)c(C2CCNC2)c1. The molecule has 0 aromatic heterocycles. The summed E-state index contributed by atoms with van der Waals surface area (Å²) in [6, 6.07) is 5.40. The van der Waals surface area contributed by atoms with Gasteiger partial charge in [0, 0.05) is 18.0 Å². The molecule has 0 bridgehead atoms. The van der Waals surface area contributed by atoms with Crippen LogP contribution in [0.1, 0.15) is 17.9 Å². The molecule has 1 unspecified atom stereocenters. The van der Waals surface area contributed by atoms with Gasteiger partial charge in [0.2, 0.25) is 0 Å². The molecule has 1 saturated heterocycles. The van der Waals surface area contributed by atoms with Crippen molar-refractivity contribution in [1.29, 1.82) is 0 Å². The third-order valence-electron chi connectivity index (χ3n) is 2.73. The normalized spacial score (nSPS) is 21.1. The molecule has 0 radical (unpaired) electrons. The Hall–Kier alpha value is -1.22. The molecule has 3 nitrogen and oxygen atoms in total. The maximum Gasteiger partial charge on any atom is 0.119 e. The molecule has 2 rings (SSSR count). The minimum atomic E-state index is 0.375. The minimum Gasteiger partial charge on any atom is -0.508 e. The Kier molecular flexibility index (Phi) is 2.59. The van der Waals surface area contributed by atoms with Crippen LogP contribution in [0.3, 0.4) is 0 Å². The van der Waals surface area contributed by atoms with Crippen molar-refractivity contribution in [3.63, 3.8) is 0 Å². The molecule has 1 aromatic carbocycles. The van der Waals surface area contributed by atoms with Gasteiger partial charge in [-0.25, -0.2) is 0 Å². The van der Waals surface area contributed by atoms with Crippen molar-refractivity contribution in [1.82, 2.24) is 5.32 Å². The smallest absolute Gasteiger partial charge is 0.119 e. The van der Waals surface area contributed by atoms with Gasteiger partial charge in [0.15, 0.2) is 0 Å². The largest absolute Gasteiger partial charge is 0.508 e. The molecule has 0 spiro atoms. The number of hydrogen-bond acceptors (Lipinski definition) is 3. The van der Waals surface area contributed by atoms with Crippen LogP contribution in [0.15, 0.2) is 18.2 Å². The van der Waals surface area contributed by atoms with E-state index in [9.17, 15) is 5.11 Å². The summed E-state index contributed by atoms with van der Waals surface area (Å²) >= 11 is 0. The average Bonchev–Trinajstić information content (AvgIpc) is 2.71. The maximum atomic E-state index is 9.71. The fourth-order valence-electron chi connectivity index (χ4n) is 1.91. The van der Waals surface area contributed by atoms with Crippen LogP contribution in [0.5, 0.6) is 11.5 Å². The van der Waals surface area contributed by atoms with Gasteiger partial charge >= 0.3 is 0 Å². The fourth-order valence-corrected chi connectivity index (χ4v) is 1.91. The van der Waals surface area contributed by atoms with Crippen molar-refractivity contribution >= 4 is 0 Å². The van der Waals surface area contributed by atoms with Crippen LogP contribution >= 0.6 is 0 Å². The molecule has 3 heteroatoms. The highest BCUT2D eigenvalue weighted by atomic mass is 16.5. The molecule has 2 N–H and O–H groups in total. The summed E-state index contributed by atoms with van der Waals surface area (Å²) in [5, 5.41) is 13.0. The molecule has 1 aliphatic heterocycles. The van der Waals surface area contributed by atoms with E-state index in [0.717, 1.165) is 30.8 Å². The second-order valence-electron chi connectivity index (χ2n) is 3.61. The number of benzene rings is 1. The minimum absolute atomic E-state index is 0.375. The monoisotopic (exact) mass is 193 g/mol. The van der Waals surface area contributed by atoms with Crippen LogP contribution in [0.2, 0.25) is 0 Å². The fraction of sp³-hybridized carbons (Fsp3) is 0.455. The average molecular weight is 193 g/mol. The van der Waals surface area contributed by atoms with E-state index in [1.165, 1.54) is 0 Å². The van der Waals surface area contributed by atoms with Crippen molar-refractivity contribution in [2.24, 2.45) is 0 Å². The number of phenolic OH excluding ortho intramolecular Hbond substituents is 1. The highest BCUT2D eigenvalue weighted by Gasteiger charge is 2.19. The van der Waals surface area contributed by atoms with Crippen LogP contribution < -0.4 is 10.1 Å². The van der Waals surface area contributed by atoms with Gasteiger partial charge in [-0.2, -0.15) is 0 Å². The molecule has 1 aromatic rings. The lowest BCUT2D eigenvalue weighted by Gasteiger charge is -2.12. The van der Waals surface area contributed by atoms with E-state index in [4.69, 9.17) is 4.74 Å². The Morgan fingerprint density at radius 1 is 1.50 bits per heavy atom. The molecule has 0 amide bonds. The molecule has 0 saturated carbocycles. The summed E-state index contributed by atoms with van der Waals surface area (Å²) in [6.07, 6.45) is 1.08. The Morgan fingerprint density at radius 3 is 3.00 bits per heavy atom. The Balaban J connectivity index is 2.29. The van der Waals surface area contributed by atoms with Crippen molar-refractivity contribution in [2.45, 2.75) is 12.3 Å². The second kappa shape index (κ2) is 3.88. The van der Waals surface area contributed by atoms with Crippen LogP contribution in [0.4, 0.5) is 0 Å². The Bertz CT molecular complexity index is 319. The van der Waals surface area contributed by atoms with Gasteiger partial charge in [-0.05, 0) is 31.2 Å². The van der Waals surface area contributed by atoms with Crippen molar-refractivity contribution in [3.8, 4) is 11.5 Å². The summed E-state index contributed by atoms with van der Waals surface area (Å²) in [5.41, 5.74) is 0.995. The van der Waals surface area contributed by atoms with Crippen LogP contribution in [-0.2, 0) is 0 Å². The van der Waals surface area contributed by atoms with Gasteiger partial charge in [0.05, 0.1) is 7.11 Å². The lowest BCUT2D eigenvalue weighted by atomic mass is 9.97. The Morgan fingerprint density at radius 2 is 2.36 bits per heavy atom. The first-order chi connectivity index (χ1) is 6.81. The van der Waals surface area contributed by atoms with Crippen molar-refractivity contribution in [2.75, 3.05) is 20.2 Å². The number of aromatic hydroxyl groups is 1. The van der Waals surface area contributed by atoms with E-state index in [0.29, 0.717) is 11.7 Å². The van der Waals surface area contributed by atoms with Gasteiger partial charge in [-0.1, -0.05) is 0 Å². The molecular formula is C11H15NO2. The number of phenols is 1. The predicted octanol–water partition coefficient (Wildman–Crippen LogP) is 1.48. The molecule has 1 fully saturated rings. The van der Waals surface area contributed by atoms with E-state index in [1.807, 2.05) is 6.07 Å². The summed E-state index contributed by atoms with van der Waals surface area (Å²) in [4.78, 5) is 0. The number of rotatable bonds is 2. The molecular weight excluding hydrogens is 178 g/mol. The number of ether oxygens (including phenoxy) is 1. The zero-order valence-corrected chi connectivity index (χ0v) is 8.29. The van der Waals surface area contributed by atoms with Crippen LogP contribution in [0.25, 0.3) is 0 Å². The predicted molar refractivity (Wildman–Crippen MR) is 54.9 cm³/mol. The van der Waals surface area contributed by atoms with E-state index in [-0.39, 0.29) is 0 Å². The molecule has 14 heavy (non-hydrogen) atoms. The topological polar surface area (TPSA) is 41.5 Å². The first-order valence-corrected chi connectivity index (χ1v) is 4.89. The quantitative estimate of drug-likeness (QED) is 0.747. The molecule has 76 valence electrons. The summed E-state index contributed by atoms with van der Waals surface area (Å²) < 4.78 is 5.14. The van der Waals surface area contributed by atoms with Crippen LogP contribution in [0, 0.1) is 0 Å². The van der Waals surface area contributed by atoms with E-state index in [2.05, 4.69) is 5.32 Å². The van der Waals surface area contributed by atoms with E-state index < -0.39 is 0 Å².